The van der Waals surface area contributed by atoms with Crippen molar-refractivity contribution >= 4 is 5.91 Å². The Morgan fingerprint density at radius 1 is 1.42 bits per heavy atom. The summed E-state index contributed by atoms with van der Waals surface area (Å²) in [4.78, 5) is 13.1. The van der Waals surface area contributed by atoms with Crippen molar-refractivity contribution in [3.63, 3.8) is 0 Å². The molecule has 0 spiro atoms. The maximum atomic E-state index is 11.4. The summed E-state index contributed by atoms with van der Waals surface area (Å²) in [6.45, 7) is 4.44. The lowest BCUT2D eigenvalue weighted by Crippen LogP contribution is -2.46. The van der Waals surface area contributed by atoms with Gasteiger partial charge in [-0.25, -0.2) is 0 Å². The molecule has 3 nitrogen and oxygen atoms in total. The molecule has 0 aromatic carbocycles. The van der Waals surface area contributed by atoms with Crippen LogP contribution in [0, 0.1) is 0 Å². The molecule has 1 rings (SSSR count). The molecule has 3 heteroatoms. The summed E-state index contributed by atoms with van der Waals surface area (Å²) in [5, 5.41) is 9.30. The van der Waals surface area contributed by atoms with Crippen LogP contribution in [0.25, 0.3) is 0 Å². The van der Waals surface area contributed by atoms with E-state index in [0.717, 1.165) is 19.4 Å². The van der Waals surface area contributed by atoms with Crippen LogP contribution in [0.15, 0.2) is 0 Å². The number of aliphatic hydroxyl groups is 1. The maximum Gasteiger partial charge on any atom is 0.222 e. The van der Waals surface area contributed by atoms with Gasteiger partial charge < -0.3 is 10.0 Å². The van der Waals surface area contributed by atoms with Crippen molar-refractivity contribution in [2.75, 3.05) is 6.54 Å². The number of amides is 1. The molecule has 0 saturated carbocycles. The van der Waals surface area contributed by atoms with E-state index in [0.29, 0.717) is 6.42 Å². The molecule has 0 bridgehead atoms. The number of aliphatic hydroxyl groups excluding tert-OH is 1. The average Bonchev–Trinajstić information content (AvgIpc) is 2.04. The first-order valence-corrected chi connectivity index (χ1v) is 4.60. The van der Waals surface area contributed by atoms with Crippen LogP contribution in [0.1, 0.15) is 33.1 Å². The Balaban J connectivity index is 2.53. The largest absolute Gasteiger partial charge is 0.391 e. The smallest absolute Gasteiger partial charge is 0.222 e. The summed E-state index contributed by atoms with van der Waals surface area (Å²) < 4.78 is 0. The van der Waals surface area contributed by atoms with Crippen molar-refractivity contribution in [2.45, 2.75) is 45.3 Å². The molecule has 1 saturated heterocycles. The SMILES string of the molecule is CC(O)C(C)N1CCCCC1=O. The lowest BCUT2D eigenvalue weighted by atomic mass is 10.1. The molecule has 0 aromatic heterocycles. The van der Waals surface area contributed by atoms with Crippen LogP contribution >= 0.6 is 0 Å². The van der Waals surface area contributed by atoms with Gasteiger partial charge in [-0.1, -0.05) is 0 Å². The van der Waals surface area contributed by atoms with Crippen LogP contribution in [0.5, 0.6) is 0 Å². The van der Waals surface area contributed by atoms with E-state index >= 15 is 0 Å². The number of hydrogen-bond donors (Lipinski definition) is 1. The van der Waals surface area contributed by atoms with Crippen LogP contribution in [-0.4, -0.2) is 34.6 Å². The summed E-state index contributed by atoms with van der Waals surface area (Å²) in [6, 6.07) is -0.0298. The second-order valence-corrected chi connectivity index (χ2v) is 3.53. The van der Waals surface area contributed by atoms with Gasteiger partial charge >= 0.3 is 0 Å². The third-order valence-corrected chi connectivity index (χ3v) is 2.55. The molecule has 1 heterocycles. The summed E-state index contributed by atoms with van der Waals surface area (Å²) in [7, 11) is 0. The maximum absolute atomic E-state index is 11.4. The molecule has 1 fully saturated rings. The molecular weight excluding hydrogens is 154 g/mol. The van der Waals surface area contributed by atoms with Crippen molar-refractivity contribution < 1.29 is 9.90 Å². The first-order valence-electron chi connectivity index (χ1n) is 4.60. The van der Waals surface area contributed by atoms with E-state index in [1.54, 1.807) is 11.8 Å². The number of nitrogens with zero attached hydrogens (tertiary/aromatic N) is 1. The summed E-state index contributed by atoms with van der Waals surface area (Å²) >= 11 is 0. The van der Waals surface area contributed by atoms with Gasteiger partial charge in [0.1, 0.15) is 0 Å². The highest BCUT2D eigenvalue weighted by Crippen LogP contribution is 2.15. The average molecular weight is 171 g/mol. The highest BCUT2D eigenvalue weighted by molar-refractivity contribution is 5.77. The Labute approximate surface area is 73.4 Å². The van der Waals surface area contributed by atoms with Gasteiger partial charge in [0, 0.05) is 13.0 Å². The van der Waals surface area contributed by atoms with E-state index < -0.39 is 6.10 Å². The van der Waals surface area contributed by atoms with E-state index in [1.165, 1.54) is 0 Å². The summed E-state index contributed by atoms with van der Waals surface area (Å²) in [5.74, 6) is 0.189. The molecule has 2 unspecified atom stereocenters. The fourth-order valence-electron chi connectivity index (χ4n) is 1.52. The van der Waals surface area contributed by atoms with E-state index in [2.05, 4.69) is 0 Å². The summed E-state index contributed by atoms with van der Waals surface area (Å²) in [5.41, 5.74) is 0. The van der Waals surface area contributed by atoms with Gasteiger partial charge in [-0.05, 0) is 26.7 Å². The Hall–Kier alpha value is -0.570. The zero-order valence-corrected chi connectivity index (χ0v) is 7.79. The third-order valence-electron chi connectivity index (χ3n) is 2.55. The van der Waals surface area contributed by atoms with E-state index in [-0.39, 0.29) is 11.9 Å². The standard InChI is InChI=1S/C9H17NO2/c1-7(8(2)11)10-6-4-3-5-9(10)12/h7-8,11H,3-6H2,1-2H3. The van der Waals surface area contributed by atoms with E-state index in [1.807, 2.05) is 6.92 Å². The topological polar surface area (TPSA) is 40.5 Å². The lowest BCUT2D eigenvalue weighted by Gasteiger charge is -2.33. The van der Waals surface area contributed by atoms with Gasteiger partial charge in [-0.15, -0.1) is 0 Å². The molecular formula is C9H17NO2. The molecule has 1 N–H and O–H groups in total. The quantitative estimate of drug-likeness (QED) is 0.666. The monoisotopic (exact) mass is 171 g/mol. The number of carbonyl (C=O) groups excluding carboxylic acids is 1. The fourth-order valence-corrected chi connectivity index (χ4v) is 1.52. The van der Waals surface area contributed by atoms with Crippen LogP contribution in [0.4, 0.5) is 0 Å². The molecule has 0 radical (unpaired) electrons. The molecule has 0 aromatic rings. The molecule has 70 valence electrons. The number of carbonyl (C=O) groups is 1. The van der Waals surface area contributed by atoms with E-state index in [4.69, 9.17) is 0 Å². The Bertz CT molecular complexity index is 168. The van der Waals surface area contributed by atoms with Gasteiger partial charge in [0.15, 0.2) is 0 Å². The van der Waals surface area contributed by atoms with Gasteiger partial charge in [0.2, 0.25) is 5.91 Å². The highest BCUT2D eigenvalue weighted by atomic mass is 16.3. The number of rotatable bonds is 2. The van der Waals surface area contributed by atoms with Crippen molar-refractivity contribution in [3.05, 3.63) is 0 Å². The predicted molar refractivity (Wildman–Crippen MR) is 46.7 cm³/mol. The highest BCUT2D eigenvalue weighted by Gasteiger charge is 2.25. The van der Waals surface area contributed by atoms with Crippen molar-refractivity contribution in [3.8, 4) is 0 Å². The Kier molecular flexibility index (Phi) is 3.09. The molecule has 12 heavy (non-hydrogen) atoms. The second kappa shape index (κ2) is 3.90. The number of hydrogen-bond acceptors (Lipinski definition) is 2. The van der Waals surface area contributed by atoms with Crippen molar-refractivity contribution in [2.24, 2.45) is 0 Å². The molecule has 1 amide bonds. The first-order chi connectivity index (χ1) is 5.63. The van der Waals surface area contributed by atoms with Gasteiger partial charge in [-0.2, -0.15) is 0 Å². The molecule has 0 aliphatic carbocycles. The Morgan fingerprint density at radius 2 is 2.08 bits per heavy atom. The van der Waals surface area contributed by atoms with Gasteiger partial charge in [-0.3, -0.25) is 4.79 Å². The first kappa shape index (κ1) is 9.52. The minimum Gasteiger partial charge on any atom is -0.391 e. The van der Waals surface area contributed by atoms with Crippen LogP contribution in [0.3, 0.4) is 0 Å². The number of piperidine rings is 1. The normalized spacial score (nSPS) is 23.9. The predicted octanol–water partition coefficient (Wildman–Crippen LogP) is 0.768. The zero-order valence-electron chi connectivity index (χ0n) is 7.79. The van der Waals surface area contributed by atoms with Crippen LogP contribution < -0.4 is 0 Å². The molecule has 1 aliphatic rings. The van der Waals surface area contributed by atoms with Crippen molar-refractivity contribution in [1.29, 1.82) is 0 Å². The summed E-state index contributed by atoms with van der Waals surface area (Å²) in [6.07, 6.45) is 2.30. The zero-order chi connectivity index (χ0) is 9.14. The van der Waals surface area contributed by atoms with Gasteiger partial charge in [0.25, 0.3) is 0 Å². The van der Waals surface area contributed by atoms with Crippen LogP contribution in [0.2, 0.25) is 0 Å². The third kappa shape index (κ3) is 1.97. The Morgan fingerprint density at radius 3 is 2.58 bits per heavy atom. The fraction of sp³-hybridized carbons (Fsp3) is 0.889. The number of likely N-dealkylation sites (tertiary alicyclic amines) is 1. The lowest BCUT2D eigenvalue weighted by molar-refractivity contribution is -0.137. The van der Waals surface area contributed by atoms with E-state index in [9.17, 15) is 9.90 Å². The molecule has 1 aliphatic heterocycles. The molecule has 2 atom stereocenters. The van der Waals surface area contributed by atoms with Crippen molar-refractivity contribution in [1.82, 2.24) is 4.90 Å². The minimum atomic E-state index is -0.424. The van der Waals surface area contributed by atoms with Crippen LogP contribution in [-0.2, 0) is 4.79 Å². The minimum absolute atomic E-state index is 0.0298. The second-order valence-electron chi connectivity index (χ2n) is 3.53. The van der Waals surface area contributed by atoms with Gasteiger partial charge in [0.05, 0.1) is 12.1 Å².